The summed E-state index contributed by atoms with van der Waals surface area (Å²) in [6.45, 7) is -6.35. The van der Waals surface area contributed by atoms with Crippen molar-refractivity contribution < 1.29 is 22.9 Å². The molecule has 1 aliphatic heterocycles. The van der Waals surface area contributed by atoms with Gasteiger partial charge in [0.15, 0.2) is 0 Å². The van der Waals surface area contributed by atoms with Crippen molar-refractivity contribution in [2.45, 2.75) is 16.2 Å². The zero-order chi connectivity index (χ0) is 23.7. The van der Waals surface area contributed by atoms with E-state index in [0.29, 0.717) is 21.2 Å². The number of rotatable bonds is 5. The number of fused-ring (bicyclic) bond motifs is 1. The van der Waals surface area contributed by atoms with Gasteiger partial charge in [-0.1, -0.05) is 24.3 Å². The van der Waals surface area contributed by atoms with Gasteiger partial charge in [-0.2, -0.15) is 0 Å². The smallest absolute Gasteiger partial charge is 0.257 e. The molecule has 0 unspecified atom stereocenters. The molecule has 0 saturated carbocycles. The molecular weight excluding hydrogens is 348 g/mol. The van der Waals surface area contributed by atoms with Gasteiger partial charge in [0.25, 0.3) is 5.91 Å². The Kier molecular flexibility index (Phi) is 3.87. The van der Waals surface area contributed by atoms with Gasteiger partial charge in [-0.25, -0.2) is 0 Å². The first-order valence-electron chi connectivity index (χ1n) is 11.1. The number of hydrogen-bond acceptors (Lipinski definition) is 5. The number of para-hydroxylation sites is 1. The number of benzene rings is 2. The largest absolute Gasteiger partial charge is 0.497 e. The van der Waals surface area contributed by atoms with Crippen LogP contribution in [0.4, 0.5) is 5.69 Å². The van der Waals surface area contributed by atoms with E-state index < -0.39 is 37.8 Å². The summed E-state index contributed by atoms with van der Waals surface area (Å²) >= 11 is 1.32. The first kappa shape index (κ1) is 12.4. The monoisotopic (exact) mass is 378 g/mol. The van der Waals surface area contributed by atoms with Crippen molar-refractivity contribution >= 4 is 23.4 Å². The number of ether oxygens (including phenoxy) is 1. The lowest BCUT2D eigenvalue weighted by atomic mass is 10.1. The zero-order valence-corrected chi connectivity index (χ0v) is 15.1. The third-order valence-electron chi connectivity index (χ3n) is 4.21. The van der Waals surface area contributed by atoms with Crippen molar-refractivity contribution in [2.75, 3.05) is 39.1 Å². The van der Waals surface area contributed by atoms with Crippen LogP contribution in [0.1, 0.15) is 19.0 Å². The maximum atomic E-state index is 13.3. The van der Waals surface area contributed by atoms with Crippen LogP contribution in [0.3, 0.4) is 0 Å². The fourth-order valence-corrected chi connectivity index (χ4v) is 4.13. The highest BCUT2D eigenvalue weighted by atomic mass is 32.2. The molecular formula is C20H24N2O3S. The number of thioether (sulfide) groups is 1. The Labute approximate surface area is 167 Å². The molecule has 26 heavy (non-hydrogen) atoms. The second-order valence-electron chi connectivity index (χ2n) is 5.87. The quantitative estimate of drug-likeness (QED) is 0.867. The number of carbonyl (C=O) groups is 1. The van der Waals surface area contributed by atoms with Crippen LogP contribution in [0, 0.1) is 0 Å². The van der Waals surface area contributed by atoms with Gasteiger partial charge in [0, 0.05) is 26.2 Å². The van der Waals surface area contributed by atoms with E-state index in [9.17, 15) is 9.90 Å². The Morgan fingerprint density at radius 2 is 1.96 bits per heavy atom. The van der Waals surface area contributed by atoms with E-state index in [2.05, 4.69) is 0 Å². The van der Waals surface area contributed by atoms with Crippen molar-refractivity contribution in [1.82, 2.24) is 4.90 Å². The van der Waals surface area contributed by atoms with E-state index >= 15 is 0 Å². The number of amides is 1. The molecule has 1 heterocycles. The number of methoxy groups -OCH3 is 1. The summed E-state index contributed by atoms with van der Waals surface area (Å²) in [7, 11) is 1.55. The third kappa shape index (κ3) is 3.87. The highest BCUT2D eigenvalue weighted by Crippen LogP contribution is 2.45. The minimum Gasteiger partial charge on any atom is -0.497 e. The normalized spacial score (nSPS) is 24.4. The highest BCUT2D eigenvalue weighted by Gasteiger charge is 2.37. The summed E-state index contributed by atoms with van der Waals surface area (Å²) < 4.78 is 50.5. The number of hydrogen-bond donors (Lipinski definition) is 1. The van der Waals surface area contributed by atoms with Crippen LogP contribution < -0.4 is 9.64 Å². The molecule has 0 bridgehead atoms. The Bertz CT molecular complexity index is 938. The van der Waals surface area contributed by atoms with Crippen LogP contribution in [0.2, 0.25) is 0 Å². The maximum absolute atomic E-state index is 13.3. The standard InChI is InChI=1S/C20H24N2O3S/c1-21(2)12-13-22-16-6-4-5-7-17(16)26-19(18(23)20(22)24)14-8-10-15(25-3)11-9-14/h4-11,18-19,23H,12-13H2,1-3H3/t18-,19+/m1/s1/i1D3,2D3. The SMILES string of the molecule is [2H]C([2H])([2H])N(CCN1C(=O)[C@H](O)[C@H](c2ccc(OC)cc2)Sc2ccccc21)C([2H])([2H])[2H]. The van der Waals surface area contributed by atoms with E-state index in [1.165, 1.54) is 16.7 Å². The molecule has 2 aromatic carbocycles. The summed E-state index contributed by atoms with van der Waals surface area (Å²) in [4.78, 5) is 15.6. The fraction of sp³-hybridized carbons (Fsp3) is 0.350. The summed E-state index contributed by atoms with van der Waals surface area (Å²) in [5.41, 5.74) is 1.22. The van der Waals surface area contributed by atoms with Gasteiger partial charge < -0.3 is 19.6 Å². The van der Waals surface area contributed by atoms with Crippen LogP contribution in [0.5, 0.6) is 5.75 Å². The molecule has 0 saturated heterocycles. The van der Waals surface area contributed by atoms with Crippen molar-refractivity contribution in [3.05, 3.63) is 54.1 Å². The average Bonchev–Trinajstić information content (AvgIpc) is 2.82. The Hall–Kier alpha value is -2.02. The number of anilines is 1. The molecule has 1 N–H and O–H groups in total. The van der Waals surface area contributed by atoms with Gasteiger partial charge in [-0.3, -0.25) is 4.79 Å². The Morgan fingerprint density at radius 1 is 1.23 bits per heavy atom. The van der Waals surface area contributed by atoms with Gasteiger partial charge in [0.2, 0.25) is 0 Å². The van der Waals surface area contributed by atoms with Crippen LogP contribution in [0.25, 0.3) is 0 Å². The number of carbonyl (C=O) groups excluding carboxylic acids is 1. The molecule has 2 atom stereocenters. The first-order chi connectivity index (χ1) is 14.9. The molecule has 3 rings (SSSR count). The Morgan fingerprint density at radius 3 is 2.65 bits per heavy atom. The van der Waals surface area contributed by atoms with Gasteiger partial charge >= 0.3 is 0 Å². The second-order valence-corrected chi connectivity index (χ2v) is 7.05. The van der Waals surface area contributed by atoms with Crippen molar-refractivity contribution in [1.29, 1.82) is 0 Å². The topological polar surface area (TPSA) is 53.0 Å². The molecule has 0 fully saturated rings. The van der Waals surface area contributed by atoms with Gasteiger partial charge in [-0.05, 0) is 43.8 Å². The summed E-state index contributed by atoms with van der Waals surface area (Å²) in [5, 5.41) is 10.3. The van der Waals surface area contributed by atoms with E-state index in [-0.39, 0.29) is 6.54 Å². The van der Waals surface area contributed by atoms with Crippen molar-refractivity contribution in [3.8, 4) is 5.75 Å². The fourth-order valence-electron chi connectivity index (χ4n) is 2.86. The van der Waals surface area contributed by atoms with Crippen LogP contribution in [-0.4, -0.2) is 56.2 Å². The third-order valence-corrected chi connectivity index (χ3v) is 5.59. The highest BCUT2D eigenvalue weighted by molar-refractivity contribution is 7.99. The lowest BCUT2D eigenvalue weighted by molar-refractivity contribution is -0.126. The van der Waals surface area contributed by atoms with Crippen molar-refractivity contribution in [3.63, 3.8) is 0 Å². The lowest BCUT2D eigenvalue weighted by Gasteiger charge is -2.26. The average molecular weight is 379 g/mol. The van der Waals surface area contributed by atoms with Crippen molar-refractivity contribution in [2.24, 2.45) is 0 Å². The number of aliphatic hydroxyl groups is 1. The number of likely N-dealkylation sites (N-methyl/N-ethyl adjacent to an activating group) is 1. The molecule has 5 nitrogen and oxygen atoms in total. The summed E-state index contributed by atoms with van der Waals surface area (Å²) in [6, 6.07) is 14.1. The molecule has 2 aromatic rings. The molecule has 0 aromatic heterocycles. The van der Waals surface area contributed by atoms with E-state index in [0.717, 1.165) is 5.56 Å². The van der Waals surface area contributed by atoms with Gasteiger partial charge in [-0.15, -0.1) is 11.8 Å². The molecule has 1 aliphatic rings. The lowest BCUT2D eigenvalue weighted by Crippen LogP contribution is -2.43. The molecule has 0 radical (unpaired) electrons. The number of nitrogens with zero attached hydrogens (tertiary/aromatic N) is 2. The van der Waals surface area contributed by atoms with Crippen LogP contribution in [-0.2, 0) is 4.79 Å². The predicted octanol–water partition coefficient (Wildman–Crippen LogP) is 2.80. The first-order valence-corrected chi connectivity index (χ1v) is 8.98. The molecule has 138 valence electrons. The second kappa shape index (κ2) is 8.12. The minimum atomic E-state index is -2.86. The van der Waals surface area contributed by atoms with Gasteiger partial charge in [0.1, 0.15) is 11.9 Å². The summed E-state index contributed by atoms with van der Waals surface area (Å²) in [6.07, 6.45) is -1.42. The van der Waals surface area contributed by atoms with E-state index in [4.69, 9.17) is 13.0 Å². The number of aliphatic hydroxyl groups excluding tert-OH is 1. The van der Waals surface area contributed by atoms with Crippen LogP contribution in [0.15, 0.2) is 53.4 Å². The molecule has 1 amide bonds. The van der Waals surface area contributed by atoms with Crippen LogP contribution >= 0.6 is 11.8 Å². The van der Waals surface area contributed by atoms with Gasteiger partial charge in [0.05, 0.1) is 18.0 Å². The predicted molar refractivity (Wildman–Crippen MR) is 105 cm³/mol. The maximum Gasteiger partial charge on any atom is 0.257 e. The Balaban J connectivity index is 1.94. The molecule has 0 aliphatic carbocycles. The molecule has 0 spiro atoms. The zero-order valence-electron chi connectivity index (χ0n) is 20.3. The van der Waals surface area contributed by atoms with E-state index in [1.807, 2.05) is 0 Å². The summed E-state index contributed by atoms with van der Waals surface area (Å²) in [5.74, 6) is 0.0175. The minimum absolute atomic E-state index is 0.209. The van der Waals surface area contributed by atoms with E-state index in [1.54, 1.807) is 55.6 Å². The molecule has 6 heteroatoms.